The number of amides is 1. The van der Waals surface area contributed by atoms with Crippen molar-refractivity contribution in [3.05, 3.63) is 71.9 Å². The second kappa shape index (κ2) is 8.37. The van der Waals surface area contributed by atoms with Gasteiger partial charge in [-0.1, -0.05) is 59.8 Å². The van der Waals surface area contributed by atoms with Gasteiger partial charge in [0.25, 0.3) is 0 Å². The van der Waals surface area contributed by atoms with Gasteiger partial charge in [0, 0.05) is 10.9 Å². The summed E-state index contributed by atoms with van der Waals surface area (Å²) in [6.45, 7) is 2.05. The van der Waals surface area contributed by atoms with Crippen LogP contribution in [0.3, 0.4) is 0 Å². The molecule has 28 heavy (non-hydrogen) atoms. The highest BCUT2D eigenvalue weighted by Gasteiger charge is 2.10. The van der Waals surface area contributed by atoms with Crippen molar-refractivity contribution in [2.45, 2.75) is 12.1 Å². The topological polar surface area (TPSA) is 72.7 Å². The van der Waals surface area contributed by atoms with Crippen molar-refractivity contribution in [2.75, 3.05) is 11.1 Å². The lowest BCUT2D eigenvalue weighted by Gasteiger charge is -2.00. The predicted octanol–water partition coefficient (Wildman–Crippen LogP) is 4.43. The molecule has 140 valence electrons. The third-order valence-corrected chi connectivity index (χ3v) is 5.53. The number of aromatic nitrogens is 4. The largest absolute Gasteiger partial charge is 0.301 e. The van der Waals surface area contributed by atoms with E-state index in [4.69, 9.17) is 0 Å². The average Bonchev–Trinajstić information content (AvgIpc) is 3.37. The quantitative estimate of drug-likeness (QED) is 0.479. The van der Waals surface area contributed by atoms with Crippen molar-refractivity contribution >= 4 is 34.1 Å². The van der Waals surface area contributed by atoms with Crippen LogP contribution >= 0.6 is 23.1 Å². The van der Waals surface area contributed by atoms with E-state index in [0.29, 0.717) is 10.3 Å². The summed E-state index contributed by atoms with van der Waals surface area (Å²) in [4.78, 5) is 21.0. The fourth-order valence-electron chi connectivity index (χ4n) is 2.49. The molecule has 0 aliphatic heterocycles. The Balaban J connectivity index is 1.33. The molecular formula is C20H17N5OS2. The fraction of sp³-hybridized carbons (Fsp3) is 0.100. The lowest BCUT2D eigenvalue weighted by molar-refractivity contribution is -0.113. The molecule has 0 saturated carbocycles. The zero-order valence-corrected chi connectivity index (χ0v) is 16.7. The van der Waals surface area contributed by atoms with Gasteiger partial charge in [-0.2, -0.15) is 0 Å². The van der Waals surface area contributed by atoms with E-state index in [9.17, 15) is 4.79 Å². The first-order chi connectivity index (χ1) is 13.7. The number of rotatable bonds is 6. The summed E-state index contributed by atoms with van der Waals surface area (Å²) >= 11 is 2.70. The monoisotopic (exact) mass is 407 g/mol. The molecule has 2 aromatic heterocycles. The number of para-hydroxylation sites is 1. The molecule has 0 radical (unpaired) electrons. The van der Waals surface area contributed by atoms with Crippen LogP contribution in [0.5, 0.6) is 0 Å². The van der Waals surface area contributed by atoms with E-state index >= 15 is 0 Å². The SMILES string of the molecule is Cc1ccc(-c2csc(NC(=O)CSc3ncn(-c4ccccc4)n3)n2)cc1. The van der Waals surface area contributed by atoms with E-state index in [2.05, 4.69) is 20.4 Å². The van der Waals surface area contributed by atoms with E-state index < -0.39 is 0 Å². The van der Waals surface area contributed by atoms with Crippen LogP contribution in [0.15, 0.2) is 71.5 Å². The molecule has 4 rings (SSSR count). The lowest BCUT2D eigenvalue weighted by Crippen LogP contribution is -2.14. The van der Waals surface area contributed by atoms with Crippen molar-refractivity contribution in [1.29, 1.82) is 0 Å². The van der Waals surface area contributed by atoms with Crippen LogP contribution in [0.1, 0.15) is 5.56 Å². The van der Waals surface area contributed by atoms with Crippen LogP contribution < -0.4 is 5.32 Å². The van der Waals surface area contributed by atoms with Gasteiger partial charge in [-0.25, -0.2) is 14.6 Å². The smallest absolute Gasteiger partial charge is 0.236 e. The third-order valence-electron chi connectivity index (χ3n) is 3.92. The zero-order chi connectivity index (χ0) is 19.3. The van der Waals surface area contributed by atoms with E-state index in [1.165, 1.54) is 28.7 Å². The highest BCUT2D eigenvalue weighted by atomic mass is 32.2. The Morgan fingerprint density at radius 3 is 2.71 bits per heavy atom. The van der Waals surface area contributed by atoms with Gasteiger partial charge >= 0.3 is 0 Å². The Morgan fingerprint density at radius 2 is 1.93 bits per heavy atom. The molecule has 1 amide bonds. The molecule has 0 aliphatic rings. The molecule has 6 nitrogen and oxygen atoms in total. The molecule has 0 spiro atoms. The molecule has 2 heterocycles. The van der Waals surface area contributed by atoms with Crippen LogP contribution in [0, 0.1) is 6.92 Å². The van der Waals surface area contributed by atoms with Gasteiger partial charge in [0.1, 0.15) is 6.33 Å². The molecule has 0 bridgehead atoms. The zero-order valence-electron chi connectivity index (χ0n) is 15.1. The van der Waals surface area contributed by atoms with Crippen molar-refractivity contribution in [2.24, 2.45) is 0 Å². The van der Waals surface area contributed by atoms with Gasteiger partial charge in [-0.05, 0) is 19.1 Å². The molecule has 0 atom stereocenters. The highest BCUT2D eigenvalue weighted by molar-refractivity contribution is 7.99. The number of nitrogens with zero attached hydrogens (tertiary/aromatic N) is 4. The Labute approximate surface area is 170 Å². The van der Waals surface area contributed by atoms with Gasteiger partial charge in [-0.3, -0.25) is 4.79 Å². The van der Waals surface area contributed by atoms with E-state index in [0.717, 1.165) is 16.9 Å². The summed E-state index contributed by atoms with van der Waals surface area (Å²) in [6, 6.07) is 17.9. The second-order valence-electron chi connectivity index (χ2n) is 6.05. The molecule has 0 aliphatic carbocycles. The summed E-state index contributed by atoms with van der Waals surface area (Å²) in [6.07, 6.45) is 1.64. The van der Waals surface area contributed by atoms with Gasteiger partial charge in [0.05, 0.1) is 17.1 Å². The number of nitrogens with one attached hydrogen (secondary N) is 1. The van der Waals surface area contributed by atoms with Gasteiger partial charge in [-0.15, -0.1) is 16.4 Å². The minimum atomic E-state index is -0.133. The van der Waals surface area contributed by atoms with Gasteiger partial charge < -0.3 is 5.32 Å². The number of carbonyl (C=O) groups is 1. The Bertz CT molecular complexity index is 1070. The van der Waals surface area contributed by atoms with Crippen LogP contribution in [0.4, 0.5) is 5.13 Å². The van der Waals surface area contributed by atoms with Crippen molar-refractivity contribution < 1.29 is 4.79 Å². The number of anilines is 1. The van der Waals surface area contributed by atoms with Gasteiger partial charge in [0.15, 0.2) is 5.13 Å². The summed E-state index contributed by atoms with van der Waals surface area (Å²) in [5, 5.41) is 10.3. The third kappa shape index (κ3) is 4.47. The number of benzene rings is 2. The Morgan fingerprint density at radius 1 is 1.14 bits per heavy atom. The van der Waals surface area contributed by atoms with E-state index in [1.54, 1.807) is 11.0 Å². The van der Waals surface area contributed by atoms with E-state index in [1.807, 2.05) is 66.9 Å². The number of hydrogen-bond donors (Lipinski definition) is 1. The predicted molar refractivity (Wildman–Crippen MR) is 113 cm³/mol. The summed E-state index contributed by atoms with van der Waals surface area (Å²) < 4.78 is 1.69. The molecule has 2 aromatic carbocycles. The summed E-state index contributed by atoms with van der Waals surface area (Å²) in [5.74, 6) is 0.0870. The molecule has 4 aromatic rings. The maximum absolute atomic E-state index is 12.2. The first kappa shape index (κ1) is 18.4. The van der Waals surface area contributed by atoms with E-state index in [-0.39, 0.29) is 11.7 Å². The average molecular weight is 408 g/mol. The molecule has 1 N–H and O–H groups in total. The molecule has 0 saturated heterocycles. The van der Waals surface area contributed by atoms with Crippen LogP contribution in [-0.2, 0) is 4.79 Å². The lowest BCUT2D eigenvalue weighted by atomic mass is 10.1. The van der Waals surface area contributed by atoms with Crippen molar-refractivity contribution in [3.8, 4) is 16.9 Å². The number of thioether (sulfide) groups is 1. The maximum Gasteiger partial charge on any atom is 0.236 e. The Kier molecular flexibility index (Phi) is 5.50. The maximum atomic E-state index is 12.2. The van der Waals surface area contributed by atoms with Crippen LogP contribution in [-0.4, -0.2) is 31.4 Å². The number of carbonyl (C=O) groups excluding carboxylic acids is 1. The number of thiazole rings is 1. The fourth-order valence-corrected chi connectivity index (χ4v) is 3.83. The minimum Gasteiger partial charge on any atom is -0.301 e. The highest BCUT2D eigenvalue weighted by Crippen LogP contribution is 2.25. The van der Waals surface area contributed by atoms with Crippen LogP contribution in [0.25, 0.3) is 16.9 Å². The molecular weight excluding hydrogens is 390 g/mol. The minimum absolute atomic E-state index is 0.133. The standard InChI is InChI=1S/C20H17N5OS2/c1-14-7-9-15(10-8-14)17-11-27-20(22-17)23-18(26)12-28-19-21-13-25(24-19)16-5-3-2-4-6-16/h2-11,13H,12H2,1H3,(H,22,23,26). The van der Waals surface area contributed by atoms with Crippen LogP contribution in [0.2, 0.25) is 0 Å². The summed E-state index contributed by atoms with van der Waals surface area (Å²) in [7, 11) is 0. The summed E-state index contributed by atoms with van der Waals surface area (Å²) in [5.41, 5.74) is 4.02. The Hall–Kier alpha value is -2.97. The van der Waals surface area contributed by atoms with Gasteiger partial charge in [0.2, 0.25) is 11.1 Å². The van der Waals surface area contributed by atoms with Crippen molar-refractivity contribution in [1.82, 2.24) is 19.7 Å². The second-order valence-corrected chi connectivity index (χ2v) is 7.85. The first-order valence-corrected chi connectivity index (χ1v) is 10.5. The molecule has 0 unspecified atom stereocenters. The first-order valence-electron chi connectivity index (χ1n) is 8.60. The number of hydrogen-bond acceptors (Lipinski definition) is 6. The van der Waals surface area contributed by atoms with Crippen molar-refractivity contribution in [3.63, 3.8) is 0 Å². The molecule has 8 heteroatoms. The normalized spacial score (nSPS) is 10.8. The molecule has 0 fully saturated rings. The number of aryl methyl sites for hydroxylation is 1.